The SMILES string of the molecule is CCC[Si](C=NO)(CCC)CCC. The van der Waals surface area contributed by atoms with Crippen LogP contribution in [0, 0.1) is 0 Å². The largest absolute Gasteiger partial charge is 0.411 e. The molecule has 0 aliphatic heterocycles. The minimum Gasteiger partial charge on any atom is -0.411 e. The van der Waals surface area contributed by atoms with Crippen LogP contribution in [-0.4, -0.2) is 19.1 Å². The fraction of sp³-hybridized carbons (Fsp3) is 0.900. The lowest BCUT2D eigenvalue weighted by atomic mass is 10.5. The average molecular weight is 201 g/mol. The van der Waals surface area contributed by atoms with Gasteiger partial charge < -0.3 is 5.21 Å². The van der Waals surface area contributed by atoms with Gasteiger partial charge in [0.05, 0.1) is 0 Å². The fourth-order valence-electron chi connectivity index (χ4n) is 2.18. The molecule has 0 aromatic rings. The average Bonchev–Trinajstić information content (AvgIpc) is 2.06. The lowest BCUT2D eigenvalue weighted by Gasteiger charge is -2.25. The predicted molar refractivity (Wildman–Crippen MR) is 61.3 cm³/mol. The van der Waals surface area contributed by atoms with Gasteiger partial charge in [-0.3, -0.25) is 0 Å². The van der Waals surface area contributed by atoms with Crippen LogP contribution in [0.3, 0.4) is 0 Å². The lowest BCUT2D eigenvalue weighted by molar-refractivity contribution is 0.322. The molecule has 1 N–H and O–H groups in total. The van der Waals surface area contributed by atoms with Gasteiger partial charge in [0.15, 0.2) is 0 Å². The van der Waals surface area contributed by atoms with Crippen molar-refractivity contribution < 1.29 is 5.21 Å². The van der Waals surface area contributed by atoms with Gasteiger partial charge in [0.25, 0.3) is 0 Å². The number of hydrogen-bond acceptors (Lipinski definition) is 2. The zero-order chi connectivity index (χ0) is 10.2. The number of nitrogens with zero attached hydrogens (tertiary/aromatic N) is 1. The van der Waals surface area contributed by atoms with Crippen LogP contribution in [0.5, 0.6) is 0 Å². The van der Waals surface area contributed by atoms with Crippen molar-refractivity contribution in [3.63, 3.8) is 0 Å². The zero-order valence-electron chi connectivity index (χ0n) is 9.21. The quantitative estimate of drug-likeness (QED) is 0.290. The van der Waals surface area contributed by atoms with E-state index in [-0.39, 0.29) is 0 Å². The zero-order valence-corrected chi connectivity index (χ0v) is 10.2. The standard InChI is InChI=1S/C10H23NOSi/c1-4-7-13(8-5-2,9-6-3)10-11-12/h10,12H,4-9H2,1-3H3. The molecule has 0 saturated carbocycles. The number of rotatable bonds is 7. The molecular weight excluding hydrogens is 178 g/mol. The molecule has 0 fully saturated rings. The van der Waals surface area contributed by atoms with E-state index < -0.39 is 8.07 Å². The van der Waals surface area contributed by atoms with E-state index in [1.54, 1.807) is 0 Å². The molecule has 0 amide bonds. The Morgan fingerprint density at radius 1 is 1.00 bits per heavy atom. The first kappa shape index (κ1) is 12.7. The highest BCUT2D eigenvalue weighted by atomic mass is 28.3. The normalized spacial score (nSPS) is 12.5. The lowest BCUT2D eigenvalue weighted by Crippen LogP contribution is -2.36. The van der Waals surface area contributed by atoms with Gasteiger partial charge in [0, 0.05) is 5.84 Å². The molecule has 3 heteroatoms. The van der Waals surface area contributed by atoms with Gasteiger partial charge in [-0.25, -0.2) is 0 Å². The van der Waals surface area contributed by atoms with Gasteiger partial charge in [0.2, 0.25) is 0 Å². The minimum absolute atomic E-state index is 1.22. The first-order valence-electron chi connectivity index (χ1n) is 5.43. The third-order valence-electron chi connectivity index (χ3n) is 2.58. The topological polar surface area (TPSA) is 32.6 Å². The maximum Gasteiger partial charge on any atom is 0.105 e. The Morgan fingerprint density at radius 2 is 1.38 bits per heavy atom. The summed E-state index contributed by atoms with van der Waals surface area (Å²) in [5.41, 5.74) is 0. The summed E-state index contributed by atoms with van der Waals surface area (Å²) in [6.45, 7) is 6.66. The van der Waals surface area contributed by atoms with Crippen molar-refractivity contribution in [2.75, 3.05) is 0 Å². The Labute approximate surface area is 83.0 Å². The highest BCUT2D eigenvalue weighted by molar-refractivity contribution is 7.02. The van der Waals surface area contributed by atoms with Gasteiger partial charge in [0.1, 0.15) is 8.07 Å². The predicted octanol–water partition coefficient (Wildman–Crippen LogP) is 3.66. The van der Waals surface area contributed by atoms with Crippen molar-refractivity contribution in [3.05, 3.63) is 0 Å². The third kappa shape index (κ3) is 4.46. The molecule has 0 aliphatic carbocycles. The first-order chi connectivity index (χ1) is 6.24. The van der Waals surface area contributed by atoms with Crippen LogP contribution in [0.1, 0.15) is 40.0 Å². The van der Waals surface area contributed by atoms with E-state index in [2.05, 4.69) is 25.9 Å². The van der Waals surface area contributed by atoms with Crippen LogP contribution in [0.4, 0.5) is 0 Å². The summed E-state index contributed by atoms with van der Waals surface area (Å²) in [6, 6.07) is 3.83. The molecule has 0 rings (SSSR count). The second-order valence-corrected chi connectivity index (χ2v) is 8.34. The monoisotopic (exact) mass is 201 g/mol. The molecular formula is C10H23NOSi. The van der Waals surface area contributed by atoms with Crippen LogP contribution in [-0.2, 0) is 0 Å². The van der Waals surface area contributed by atoms with Crippen molar-refractivity contribution in [2.45, 2.75) is 58.2 Å². The molecule has 0 bridgehead atoms. The van der Waals surface area contributed by atoms with Crippen molar-refractivity contribution in [3.8, 4) is 0 Å². The Hall–Kier alpha value is -0.313. The van der Waals surface area contributed by atoms with Crippen LogP contribution in [0.2, 0.25) is 18.1 Å². The molecule has 0 aromatic heterocycles. The summed E-state index contributed by atoms with van der Waals surface area (Å²) in [4.78, 5) is 0. The molecule has 0 heterocycles. The molecule has 0 unspecified atom stereocenters. The van der Waals surface area contributed by atoms with Crippen LogP contribution in [0.15, 0.2) is 5.16 Å². The summed E-state index contributed by atoms with van der Waals surface area (Å²) in [5.74, 6) is 1.89. The highest BCUT2D eigenvalue weighted by Crippen LogP contribution is 2.24. The van der Waals surface area contributed by atoms with Crippen molar-refractivity contribution in [1.29, 1.82) is 0 Å². The Bertz CT molecular complexity index is 131. The van der Waals surface area contributed by atoms with Crippen LogP contribution in [0.25, 0.3) is 0 Å². The highest BCUT2D eigenvalue weighted by Gasteiger charge is 2.28. The molecule has 78 valence electrons. The smallest absolute Gasteiger partial charge is 0.105 e. The number of hydrogen-bond donors (Lipinski definition) is 1. The van der Waals surface area contributed by atoms with E-state index >= 15 is 0 Å². The van der Waals surface area contributed by atoms with Gasteiger partial charge in [-0.15, -0.1) is 5.16 Å². The van der Waals surface area contributed by atoms with Crippen LogP contribution < -0.4 is 0 Å². The maximum atomic E-state index is 8.69. The third-order valence-corrected chi connectivity index (χ3v) is 7.73. The first-order valence-corrected chi connectivity index (χ1v) is 8.13. The summed E-state index contributed by atoms with van der Waals surface area (Å²) in [7, 11) is -1.34. The van der Waals surface area contributed by atoms with Gasteiger partial charge in [-0.05, 0) is 0 Å². The van der Waals surface area contributed by atoms with Gasteiger partial charge in [-0.2, -0.15) is 0 Å². The van der Waals surface area contributed by atoms with E-state index in [1.165, 1.54) is 37.4 Å². The minimum atomic E-state index is -1.34. The molecule has 13 heavy (non-hydrogen) atoms. The van der Waals surface area contributed by atoms with Crippen molar-refractivity contribution in [1.82, 2.24) is 0 Å². The summed E-state index contributed by atoms with van der Waals surface area (Å²) in [6.07, 6.45) is 3.66. The maximum absolute atomic E-state index is 8.69. The second-order valence-electron chi connectivity index (χ2n) is 3.86. The molecule has 0 radical (unpaired) electrons. The van der Waals surface area contributed by atoms with Crippen molar-refractivity contribution in [2.24, 2.45) is 5.16 Å². The van der Waals surface area contributed by atoms with E-state index in [0.29, 0.717) is 0 Å². The summed E-state index contributed by atoms with van der Waals surface area (Å²) < 4.78 is 0. The van der Waals surface area contributed by atoms with Crippen LogP contribution >= 0.6 is 0 Å². The van der Waals surface area contributed by atoms with E-state index in [9.17, 15) is 0 Å². The molecule has 2 nitrogen and oxygen atoms in total. The van der Waals surface area contributed by atoms with E-state index in [4.69, 9.17) is 5.21 Å². The number of oxime groups is 1. The molecule has 0 aliphatic rings. The van der Waals surface area contributed by atoms with E-state index in [0.717, 1.165) is 0 Å². The molecule has 0 saturated heterocycles. The Kier molecular flexibility index (Phi) is 6.95. The van der Waals surface area contributed by atoms with Gasteiger partial charge >= 0.3 is 0 Å². The van der Waals surface area contributed by atoms with Crippen molar-refractivity contribution >= 4 is 13.9 Å². The molecule has 0 atom stereocenters. The molecule has 0 aromatic carbocycles. The summed E-state index contributed by atoms with van der Waals surface area (Å²) >= 11 is 0. The van der Waals surface area contributed by atoms with Gasteiger partial charge in [-0.1, -0.05) is 58.2 Å². The molecule has 0 spiro atoms. The van der Waals surface area contributed by atoms with E-state index in [1.807, 2.05) is 5.84 Å². The Morgan fingerprint density at radius 3 is 1.62 bits per heavy atom. The fourth-order valence-corrected chi connectivity index (χ4v) is 6.55. The summed E-state index contributed by atoms with van der Waals surface area (Å²) in [5, 5.41) is 12.0. The second kappa shape index (κ2) is 7.13. The Balaban J connectivity index is 4.37.